The lowest BCUT2D eigenvalue weighted by atomic mass is 9.91. The summed E-state index contributed by atoms with van der Waals surface area (Å²) >= 11 is 1.27. The molecule has 0 spiro atoms. The Labute approximate surface area is 166 Å². The highest BCUT2D eigenvalue weighted by Crippen LogP contribution is 2.25. The van der Waals surface area contributed by atoms with Gasteiger partial charge in [-0.3, -0.25) is 9.78 Å². The Morgan fingerprint density at radius 2 is 1.93 bits per heavy atom. The number of nitrogens with one attached hydrogen (secondary N) is 1. The van der Waals surface area contributed by atoms with Crippen LogP contribution in [0, 0.1) is 6.92 Å². The highest BCUT2D eigenvalue weighted by molar-refractivity contribution is 7.16. The quantitative estimate of drug-likeness (QED) is 0.635. The molecule has 3 aromatic rings. The minimum atomic E-state index is -1.62. The second-order valence-corrected chi connectivity index (χ2v) is 8.13. The lowest BCUT2D eigenvalue weighted by Crippen LogP contribution is -2.52. The summed E-state index contributed by atoms with van der Waals surface area (Å²) in [5.41, 5.74) is 0.288. The van der Waals surface area contributed by atoms with Gasteiger partial charge in [0.15, 0.2) is 0 Å². The molecule has 0 aliphatic rings. The molecule has 0 fully saturated rings. The van der Waals surface area contributed by atoms with Gasteiger partial charge in [0.1, 0.15) is 10.4 Å². The molecule has 1 atom stereocenters. The number of carboxylic acid groups (broad SMARTS) is 1. The molecule has 28 heavy (non-hydrogen) atoms. The molecule has 2 N–H and O–H groups in total. The fourth-order valence-electron chi connectivity index (χ4n) is 3.69. The van der Waals surface area contributed by atoms with Crippen molar-refractivity contribution >= 4 is 27.5 Å². The summed E-state index contributed by atoms with van der Waals surface area (Å²) in [4.78, 5) is 40.9. The molecular formula is C21H24N2O4S. The van der Waals surface area contributed by atoms with Crippen LogP contribution in [0.3, 0.4) is 0 Å². The van der Waals surface area contributed by atoms with E-state index in [2.05, 4.69) is 18.0 Å². The number of carbonyl (C=O) groups is 1. The van der Waals surface area contributed by atoms with Crippen molar-refractivity contribution in [1.29, 1.82) is 0 Å². The minimum absolute atomic E-state index is 0.179. The van der Waals surface area contributed by atoms with Gasteiger partial charge in [0.25, 0.3) is 5.56 Å². The van der Waals surface area contributed by atoms with E-state index in [1.54, 1.807) is 12.3 Å². The number of aryl methyl sites for hydroxylation is 3. The number of H-pyrrole nitrogens is 1. The van der Waals surface area contributed by atoms with Gasteiger partial charge >= 0.3 is 11.7 Å². The van der Waals surface area contributed by atoms with Crippen LogP contribution in [0.5, 0.6) is 0 Å². The molecule has 0 aliphatic heterocycles. The molecule has 0 aliphatic carbocycles. The number of benzene rings is 1. The summed E-state index contributed by atoms with van der Waals surface area (Å²) in [6.45, 7) is 5.31. The minimum Gasteiger partial charge on any atom is -0.479 e. The third-order valence-corrected chi connectivity index (χ3v) is 6.39. The maximum atomic E-state index is 13.0. The first-order valence-corrected chi connectivity index (χ1v) is 10.2. The van der Waals surface area contributed by atoms with Crippen molar-refractivity contribution in [3.05, 3.63) is 67.2 Å². The molecule has 1 unspecified atom stereocenters. The molecule has 0 amide bonds. The van der Waals surface area contributed by atoms with Gasteiger partial charge in [0.2, 0.25) is 0 Å². The molecule has 0 bridgehead atoms. The van der Waals surface area contributed by atoms with Crippen molar-refractivity contribution in [2.24, 2.45) is 0 Å². The van der Waals surface area contributed by atoms with Gasteiger partial charge in [-0.15, -0.1) is 11.3 Å². The number of fused-ring (bicyclic) bond motifs is 1. The van der Waals surface area contributed by atoms with Crippen molar-refractivity contribution in [2.45, 2.75) is 52.0 Å². The highest BCUT2D eigenvalue weighted by atomic mass is 32.1. The average molecular weight is 401 g/mol. The molecule has 6 nitrogen and oxygen atoms in total. The van der Waals surface area contributed by atoms with E-state index in [-0.39, 0.29) is 6.42 Å². The van der Waals surface area contributed by atoms with Gasteiger partial charge < -0.3 is 5.11 Å². The SMILES string of the molecule is CCc1ccccc1CCCC(C)(C(=O)O)n1c(=O)[nH]c2scc(C)c2c1=O. The fraction of sp³-hybridized carbons (Fsp3) is 0.381. The van der Waals surface area contributed by atoms with Crippen LogP contribution in [0.4, 0.5) is 0 Å². The number of rotatable bonds is 7. The summed E-state index contributed by atoms with van der Waals surface area (Å²) in [5, 5.41) is 12.1. The van der Waals surface area contributed by atoms with Crippen LogP contribution < -0.4 is 11.2 Å². The van der Waals surface area contributed by atoms with Crippen LogP contribution in [0.1, 0.15) is 43.4 Å². The Hall–Kier alpha value is -2.67. The molecule has 3 rings (SSSR count). The number of hydrogen-bond acceptors (Lipinski definition) is 4. The number of thiophene rings is 1. The zero-order valence-corrected chi connectivity index (χ0v) is 17.1. The van der Waals surface area contributed by atoms with E-state index in [4.69, 9.17) is 0 Å². The highest BCUT2D eigenvalue weighted by Gasteiger charge is 2.38. The van der Waals surface area contributed by atoms with E-state index in [9.17, 15) is 19.5 Å². The largest absolute Gasteiger partial charge is 0.479 e. The first-order valence-electron chi connectivity index (χ1n) is 9.33. The van der Waals surface area contributed by atoms with Crippen LogP contribution in [0.2, 0.25) is 0 Å². The van der Waals surface area contributed by atoms with E-state index >= 15 is 0 Å². The number of aliphatic carboxylic acids is 1. The maximum absolute atomic E-state index is 13.0. The predicted molar refractivity (Wildman–Crippen MR) is 111 cm³/mol. The Bertz CT molecular complexity index is 1140. The standard InChI is InChI=1S/C21H24N2O4S/c1-4-14-8-5-6-9-15(14)10-7-11-21(3,19(25)26)23-18(24)16-13(2)12-28-17(16)22-20(23)27/h5-6,8-9,12H,4,7,10-11H2,1-3H3,(H,22,27)(H,25,26). The molecule has 0 saturated heterocycles. The Balaban J connectivity index is 1.98. The lowest BCUT2D eigenvalue weighted by molar-refractivity contribution is -0.147. The van der Waals surface area contributed by atoms with Crippen LogP contribution >= 0.6 is 11.3 Å². The van der Waals surface area contributed by atoms with E-state index in [1.165, 1.54) is 29.4 Å². The van der Waals surface area contributed by atoms with E-state index < -0.39 is 22.8 Å². The van der Waals surface area contributed by atoms with Crippen molar-refractivity contribution in [3.8, 4) is 0 Å². The third kappa shape index (κ3) is 3.42. The lowest BCUT2D eigenvalue weighted by Gasteiger charge is -2.26. The fourth-order valence-corrected chi connectivity index (χ4v) is 4.62. The van der Waals surface area contributed by atoms with E-state index in [0.29, 0.717) is 23.1 Å². The van der Waals surface area contributed by atoms with Crippen LogP contribution in [0.25, 0.3) is 10.2 Å². The number of hydrogen-bond donors (Lipinski definition) is 2. The van der Waals surface area contributed by atoms with Gasteiger partial charge in [-0.2, -0.15) is 0 Å². The van der Waals surface area contributed by atoms with Gasteiger partial charge in [0.05, 0.1) is 5.39 Å². The number of aromatic nitrogens is 2. The molecular weight excluding hydrogens is 376 g/mol. The van der Waals surface area contributed by atoms with Crippen molar-refractivity contribution in [2.75, 3.05) is 0 Å². The van der Waals surface area contributed by atoms with Gasteiger partial charge in [-0.05, 0) is 61.6 Å². The normalized spacial score (nSPS) is 13.5. The summed E-state index contributed by atoms with van der Waals surface area (Å²) in [5.74, 6) is -1.18. The topological polar surface area (TPSA) is 92.2 Å². The molecule has 1 aromatic carbocycles. The first kappa shape index (κ1) is 20.1. The summed E-state index contributed by atoms with van der Waals surface area (Å²) in [7, 11) is 0. The van der Waals surface area contributed by atoms with Crippen LogP contribution in [-0.2, 0) is 23.2 Å². The van der Waals surface area contributed by atoms with Gasteiger partial charge in [-0.1, -0.05) is 31.2 Å². The van der Waals surface area contributed by atoms with E-state index in [0.717, 1.165) is 16.6 Å². The second kappa shape index (κ2) is 7.75. The number of carboxylic acids is 1. The van der Waals surface area contributed by atoms with Crippen molar-refractivity contribution in [1.82, 2.24) is 9.55 Å². The Morgan fingerprint density at radius 3 is 2.57 bits per heavy atom. The van der Waals surface area contributed by atoms with Crippen LogP contribution in [-0.4, -0.2) is 20.6 Å². The number of nitrogens with zero attached hydrogens (tertiary/aromatic N) is 1. The smallest absolute Gasteiger partial charge is 0.330 e. The van der Waals surface area contributed by atoms with Crippen LogP contribution in [0.15, 0.2) is 39.2 Å². The molecule has 7 heteroatoms. The molecule has 0 radical (unpaired) electrons. The van der Waals surface area contributed by atoms with Gasteiger partial charge in [-0.25, -0.2) is 14.2 Å². The predicted octanol–water partition coefficient (Wildman–Crippen LogP) is 3.44. The Kier molecular flexibility index (Phi) is 5.56. The monoisotopic (exact) mass is 400 g/mol. The maximum Gasteiger partial charge on any atom is 0.330 e. The second-order valence-electron chi connectivity index (χ2n) is 7.25. The first-order chi connectivity index (χ1) is 13.3. The van der Waals surface area contributed by atoms with Crippen molar-refractivity contribution < 1.29 is 9.90 Å². The summed E-state index contributed by atoms with van der Waals surface area (Å²) < 4.78 is 0.878. The van der Waals surface area contributed by atoms with Gasteiger partial charge in [0, 0.05) is 0 Å². The number of aromatic amines is 1. The summed E-state index contributed by atoms with van der Waals surface area (Å²) in [6.07, 6.45) is 2.32. The molecule has 2 heterocycles. The van der Waals surface area contributed by atoms with Crippen molar-refractivity contribution in [3.63, 3.8) is 0 Å². The molecule has 0 saturated carbocycles. The zero-order valence-electron chi connectivity index (χ0n) is 16.2. The summed E-state index contributed by atoms with van der Waals surface area (Å²) in [6, 6.07) is 8.06. The Morgan fingerprint density at radius 1 is 1.25 bits per heavy atom. The molecule has 2 aromatic heterocycles. The third-order valence-electron chi connectivity index (χ3n) is 5.38. The average Bonchev–Trinajstić information content (AvgIpc) is 3.02. The van der Waals surface area contributed by atoms with E-state index in [1.807, 2.05) is 18.2 Å². The zero-order chi connectivity index (χ0) is 20.5. The molecule has 148 valence electrons.